The topological polar surface area (TPSA) is 28.2 Å². The lowest BCUT2D eigenvalue weighted by molar-refractivity contribution is 0.227. The van der Waals surface area contributed by atoms with E-state index in [4.69, 9.17) is 0 Å². The lowest BCUT2D eigenvalue weighted by atomic mass is 10.1. The second kappa shape index (κ2) is 4.75. The van der Waals surface area contributed by atoms with Gasteiger partial charge in [-0.2, -0.15) is 0 Å². The Morgan fingerprint density at radius 3 is 3.36 bits per heavy atom. The number of nitrogens with one attached hydrogen (secondary N) is 1. The van der Waals surface area contributed by atoms with E-state index in [9.17, 15) is 0 Å². The molecule has 1 saturated heterocycles. The fourth-order valence-corrected chi connectivity index (χ4v) is 2.54. The van der Waals surface area contributed by atoms with E-state index in [0.717, 1.165) is 18.2 Å². The standard InChI is InChI=1S/C10H17N3S/c1-2-13-6-3-4-9(8-13)12-10-11-5-7-14-10/h5,7,9H,2-4,6,8H2,1H3,(H,11,12). The molecular weight excluding hydrogens is 194 g/mol. The molecule has 4 heteroatoms. The minimum atomic E-state index is 0.592. The summed E-state index contributed by atoms with van der Waals surface area (Å²) in [6.45, 7) is 5.81. The van der Waals surface area contributed by atoms with Gasteiger partial charge in [-0.15, -0.1) is 11.3 Å². The first-order valence-corrected chi connectivity index (χ1v) is 6.15. The molecule has 0 amide bonds. The number of rotatable bonds is 3. The van der Waals surface area contributed by atoms with E-state index >= 15 is 0 Å². The smallest absolute Gasteiger partial charge is 0.182 e. The third-order valence-corrected chi connectivity index (χ3v) is 3.42. The minimum Gasteiger partial charge on any atom is -0.358 e. The van der Waals surface area contributed by atoms with Crippen molar-refractivity contribution in [1.82, 2.24) is 9.88 Å². The van der Waals surface area contributed by atoms with Gasteiger partial charge in [-0.3, -0.25) is 0 Å². The summed E-state index contributed by atoms with van der Waals surface area (Å²) in [4.78, 5) is 6.74. The van der Waals surface area contributed by atoms with Gasteiger partial charge in [0.2, 0.25) is 0 Å². The van der Waals surface area contributed by atoms with Crippen LogP contribution in [-0.2, 0) is 0 Å². The zero-order chi connectivity index (χ0) is 9.80. The number of hydrogen-bond donors (Lipinski definition) is 1. The van der Waals surface area contributed by atoms with Gasteiger partial charge in [0.15, 0.2) is 5.13 Å². The summed E-state index contributed by atoms with van der Waals surface area (Å²) in [7, 11) is 0. The van der Waals surface area contributed by atoms with Crippen molar-refractivity contribution in [2.45, 2.75) is 25.8 Å². The molecule has 2 rings (SSSR count). The van der Waals surface area contributed by atoms with E-state index in [0.29, 0.717) is 6.04 Å². The molecule has 0 spiro atoms. The second-order valence-electron chi connectivity index (χ2n) is 3.71. The third kappa shape index (κ3) is 2.45. The molecule has 3 nitrogen and oxygen atoms in total. The van der Waals surface area contributed by atoms with E-state index in [1.54, 1.807) is 11.3 Å². The zero-order valence-electron chi connectivity index (χ0n) is 8.57. The van der Waals surface area contributed by atoms with Crippen molar-refractivity contribution in [1.29, 1.82) is 0 Å². The number of anilines is 1. The van der Waals surface area contributed by atoms with Crippen LogP contribution in [0.25, 0.3) is 0 Å². The maximum absolute atomic E-state index is 4.25. The summed E-state index contributed by atoms with van der Waals surface area (Å²) in [5.74, 6) is 0. The van der Waals surface area contributed by atoms with Gasteiger partial charge in [0.25, 0.3) is 0 Å². The molecule has 0 bridgehead atoms. The van der Waals surface area contributed by atoms with Crippen molar-refractivity contribution in [2.24, 2.45) is 0 Å². The van der Waals surface area contributed by atoms with Crippen molar-refractivity contribution in [3.63, 3.8) is 0 Å². The Morgan fingerprint density at radius 1 is 1.71 bits per heavy atom. The Kier molecular flexibility index (Phi) is 3.37. The fraction of sp³-hybridized carbons (Fsp3) is 0.700. The number of aromatic nitrogens is 1. The molecule has 1 aliphatic heterocycles. The van der Waals surface area contributed by atoms with Gasteiger partial charge in [0.1, 0.15) is 0 Å². The SMILES string of the molecule is CCN1CCCC(Nc2nccs2)C1. The molecule has 1 aliphatic rings. The van der Waals surface area contributed by atoms with Crippen LogP contribution in [0.3, 0.4) is 0 Å². The first-order valence-electron chi connectivity index (χ1n) is 5.27. The van der Waals surface area contributed by atoms with Crippen LogP contribution in [-0.4, -0.2) is 35.6 Å². The Labute approximate surface area is 89.1 Å². The van der Waals surface area contributed by atoms with Gasteiger partial charge < -0.3 is 10.2 Å². The molecule has 1 N–H and O–H groups in total. The predicted molar refractivity (Wildman–Crippen MR) is 60.9 cm³/mol. The number of nitrogens with zero attached hydrogens (tertiary/aromatic N) is 2. The molecular formula is C10H17N3S. The number of piperidine rings is 1. The van der Waals surface area contributed by atoms with Gasteiger partial charge in [-0.1, -0.05) is 6.92 Å². The van der Waals surface area contributed by atoms with E-state index in [1.165, 1.54) is 19.4 Å². The minimum absolute atomic E-state index is 0.592. The summed E-state index contributed by atoms with van der Waals surface area (Å²) in [6.07, 6.45) is 4.43. The molecule has 2 heterocycles. The lowest BCUT2D eigenvalue weighted by Gasteiger charge is -2.32. The average Bonchev–Trinajstić information content (AvgIpc) is 2.71. The predicted octanol–water partition coefficient (Wildman–Crippen LogP) is 2.04. The molecule has 1 atom stereocenters. The summed E-state index contributed by atoms with van der Waals surface area (Å²) >= 11 is 1.68. The first-order chi connectivity index (χ1) is 6.88. The molecule has 0 aliphatic carbocycles. The molecule has 1 aromatic rings. The average molecular weight is 211 g/mol. The number of likely N-dealkylation sites (N-methyl/N-ethyl adjacent to an activating group) is 1. The van der Waals surface area contributed by atoms with Crippen LogP contribution in [0.5, 0.6) is 0 Å². The van der Waals surface area contributed by atoms with Crippen molar-refractivity contribution in [3.05, 3.63) is 11.6 Å². The highest BCUT2D eigenvalue weighted by Gasteiger charge is 2.18. The highest BCUT2D eigenvalue weighted by Crippen LogP contribution is 2.17. The number of hydrogen-bond acceptors (Lipinski definition) is 4. The normalized spacial score (nSPS) is 23.6. The van der Waals surface area contributed by atoms with Crippen LogP contribution in [0, 0.1) is 0 Å². The zero-order valence-corrected chi connectivity index (χ0v) is 9.39. The molecule has 1 fully saturated rings. The van der Waals surface area contributed by atoms with Crippen LogP contribution in [0.2, 0.25) is 0 Å². The Bertz CT molecular complexity index is 260. The lowest BCUT2D eigenvalue weighted by Crippen LogP contribution is -2.41. The third-order valence-electron chi connectivity index (χ3n) is 2.71. The van der Waals surface area contributed by atoms with Gasteiger partial charge in [-0.05, 0) is 25.9 Å². The van der Waals surface area contributed by atoms with Crippen molar-refractivity contribution >= 4 is 16.5 Å². The molecule has 0 radical (unpaired) electrons. The Hall–Kier alpha value is -0.610. The number of likely N-dealkylation sites (tertiary alicyclic amines) is 1. The van der Waals surface area contributed by atoms with Gasteiger partial charge >= 0.3 is 0 Å². The van der Waals surface area contributed by atoms with Gasteiger partial charge in [0.05, 0.1) is 0 Å². The van der Waals surface area contributed by atoms with Crippen LogP contribution < -0.4 is 5.32 Å². The van der Waals surface area contributed by atoms with Crippen molar-refractivity contribution < 1.29 is 0 Å². The Morgan fingerprint density at radius 2 is 2.64 bits per heavy atom. The molecule has 1 aromatic heterocycles. The van der Waals surface area contributed by atoms with Crippen LogP contribution in [0.15, 0.2) is 11.6 Å². The first kappa shape index (κ1) is 9.93. The molecule has 1 unspecified atom stereocenters. The van der Waals surface area contributed by atoms with Gasteiger partial charge in [0, 0.05) is 24.2 Å². The van der Waals surface area contributed by atoms with E-state index in [1.807, 2.05) is 11.6 Å². The van der Waals surface area contributed by atoms with Gasteiger partial charge in [-0.25, -0.2) is 4.98 Å². The second-order valence-corrected chi connectivity index (χ2v) is 4.61. The van der Waals surface area contributed by atoms with E-state index in [2.05, 4.69) is 22.1 Å². The number of thiazole rings is 1. The summed E-state index contributed by atoms with van der Waals surface area (Å²) in [5.41, 5.74) is 0. The highest BCUT2D eigenvalue weighted by molar-refractivity contribution is 7.13. The highest BCUT2D eigenvalue weighted by atomic mass is 32.1. The van der Waals surface area contributed by atoms with E-state index in [-0.39, 0.29) is 0 Å². The summed E-state index contributed by atoms with van der Waals surface area (Å²) in [5, 5.41) is 6.57. The van der Waals surface area contributed by atoms with Crippen molar-refractivity contribution in [3.8, 4) is 0 Å². The van der Waals surface area contributed by atoms with Crippen LogP contribution in [0.4, 0.5) is 5.13 Å². The molecule has 0 aromatic carbocycles. The maximum atomic E-state index is 4.25. The molecule has 14 heavy (non-hydrogen) atoms. The quantitative estimate of drug-likeness (QED) is 0.829. The fourth-order valence-electron chi connectivity index (χ4n) is 1.93. The van der Waals surface area contributed by atoms with E-state index < -0.39 is 0 Å². The van der Waals surface area contributed by atoms with Crippen molar-refractivity contribution in [2.75, 3.05) is 25.0 Å². The monoisotopic (exact) mass is 211 g/mol. The maximum Gasteiger partial charge on any atom is 0.182 e. The summed E-state index contributed by atoms with van der Waals surface area (Å²) in [6, 6.07) is 0.592. The summed E-state index contributed by atoms with van der Waals surface area (Å²) < 4.78 is 0. The molecule has 78 valence electrons. The van der Waals surface area contributed by atoms with Crippen LogP contribution in [0.1, 0.15) is 19.8 Å². The van der Waals surface area contributed by atoms with Crippen LogP contribution >= 0.6 is 11.3 Å². The largest absolute Gasteiger partial charge is 0.358 e. The Balaban J connectivity index is 1.86. The molecule has 0 saturated carbocycles.